The molecule has 0 aliphatic rings. The molecular formula is C27H30N2O3. The minimum atomic E-state index is -1.01. The Labute approximate surface area is 189 Å². The summed E-state index contributed by atoms with van der Waals surface area (Å²) in [4.78, 5) is 27.2. The monoisotopic (exact) mass is 430 g/mol. The normalized spacial score (nSPS) is 12.0. The Morgan fingerprint density at radius 1 is 0.844 bits per heavy atom. The molecular weight excluding hydrogens is 400 g/mol. The Balaban J connectivity index is 1.62. The summed E-state index contributed by atoms with van der Waals surface area (Å²) in [5.41, 5.74) is 2.89. The van der Waals surface area contributed by atoms with Crippen LogP contribution in [0.25, 0.3) is 0 Å². The fourth-order valence-electron chi connectivity index (χ4n) is 3.84. The van der Waals surface area contributed by atoms with Gasteiger partial charge >= 0.3 is 5.97 Å². The van der Waals surface area contributed by atoms with Crippen LogP contribution in [0.1, 0.15) is 35.4 Å². The average Bonchev–Trinajstić information content (AvgIpc) is 2.80. The second-order valence-corrected chi connectivity index (χ2v) is 8.02. The fourth-order valence-corrected chi connectivity index (χ4v) is 3.84. The molecule has 3 aromatic carbocycles. The van der Waals surface area contributed by atoms with Crippen molar-refractivity contribution >= 4 is 11.9 Å². The minimum Gasteiger partial charge on any atom is -0.480 e. The lowest BCUT2D eigenvalue weighted by molar-refractivity contribution is -0.142. The number of hydrogen-bond acceptors (Lipinski definition) is 3. The maximum Gasteiger partial charge on any atom is 0.326 e. The number of hydrogen-bond donors (Lipinski definition) is 2. The van der Waals surface area contributed by atoms with Gasteiger partial charge in [-0.1, -0.05) is 91.0 Å². The topological polar surface area (TPSA) is 69.6 Å². The Morgan fingerprint density at radius 3 is 1.84 bits per heavy atom. The summed E-state index contributed by atoms with van der Waals surface area (Å²) in [6, 6.07) is 28.1. The molecule has 0 aromatic heterocycles. The molecule has 5 heteroatoms. The molecule has 0 fully saturated rings. The number of rotatable bonds is 11. The zero-order valence-corrected chi connectivity index (χ0v) is 18.4. The van der Waals surface area contributed by atoms with E-state index in [2.05, 4.69) is 22.3 Å². The maximum atomic E-state index is 13.2. The maximum absolute atomic E-state index is 13.2. The van der Waals surface area contributed by atoms with Crippen molar-refractivity contribution in [1.82, 2.24) is 10.2 Å². The zero-order valence-electron chi connectivity index (χ0n) is 18.4. The number of carboxylic acid groups (broad SMARTS) is 1. The van der Waals surface area contributed by atoms with E-state index in [0.29, 0.717) is 12.8 Å². The van der Waals surface area contributed by atoms with Crippen LogP contribution in [0.4, 0.5) is 0 Å². The summed E-state index contributed by atoms with van der Waals surface area (Å²) in [7, 11) is 2.02. The van der Waals surface area contributed by atoms with Gasteiger partial charge in [-0.25, -0.2) is 4.79 Å². The van der Waals surface area contributed by atoms with Crippen molar-refractivity contribution in [3.63, 3.8) is 0 Å². The summed E-state index contributed by atoms with van der Waals surface area (Å²) < 4.78 is 0. The molecule has 0 spiro atoms. The van der Waals surface area contributed by atoms with Crippen molar-refractivity contribution in [3.05, 3.63) is 108 Å². The molecule has 1 amide bonds. The third kappa shape index (κ3) is 6.79. The van der Waals surface area contributed by atoms with E-state index in [1.54, 1.807) is 0 Å². The van der Waals surface area contributed by atoms with Crippen LogP contribution in [0.15, 0.2) is 91.0 Å². The average molecular weight is 431 g/mol. The van der Waals surface area contributed by atoms with Gasteiger partial charge in [0.2, 0.25) is 5.91 Å². The quantitative estimate of drug-likeness (QED) is 0.476. The van der Waals surface area contributed by atoms with Crippen LogP contribution in [0.3, 0.4) is 0 Å². The number of carbonyl (C=O) groups excluding carboxylic acids is 1. The Hall–Kier alpha value is -3.44. The predicted molar refractivity (Wildman–Crippen MR) is 126 cm³/mol. The lowest BCUT2D eigenvalue weighted by atomic mass is 9.90. The number of carbonyl (C=O) groups is 2. The fraction of sp³-hybridized carbons (Fsp3) is 0.259. The number of nitrogens with zero attached hydrogens (tertiary/aromatic N) is 1. The van der Waals surface area contributed by atoms with E-state index in [4.69, 9.17) is 0 Å². The molecule has 0 unspecified atom stereocenters. The minimum absolute atomic E-state index is 0.299. The molecule has 1 atom stereocenters. The summed E-state index contributed by atoms with van der Waals surface area (Å²) in [6.45, 7) is 1.55. The number of carboxylic acids is 1. The van der Waals surface area contributed by atoms with Crippen LogP contribution in [-0.2, 0) is 16.1 Å². The molecule has 5 nitrogen and oxygen atoms in total. The van der Waals surface area contributed by atoms with E-state index in [-0.39, 0.29) is 5.91 Å². The second kappa shape index (κ2) is 11.8. The van der Waals surface area contributed by atoms with E-state index >= 15 is 0 Å². The van der Waals surface area contributed by atoms with E-state index in [9.17, 15) is 14.7 Å². The van der Waals surface area contributed by atoms with Crippen molar-refractivity contribution in [2.45, 2.75) is 31.3 Å². The number of aliphatic carboxylic acids is 1. The highest BCUT2D eigenvalue weighted by molar-refractivity contribution is 5.90. The van der Waals surface area contributed by atoms with Gasteiger partial charge < -0.3 is 15.3 Å². The molecule has 32 heavy (non-hydrogen) atoms. The first kappa shape index (κ1) is 23.2. The molecule has 0 aliphatic carbocycles. The van der Waals surface area contributed by atoms with Gasteiger partial charge in [0.15, 0.2) is 0 Å². The van der Waals surface area contributed by atoms with Crippen LogP contribution in [0, 0.1) is 0 Å². The van der Waals surface area contributed by atoms with Gasteiger partial charge in [0.1, 0.15) is 6.04 Å². The van der Waals surface area contributed by atoms with E-state index < -0.39 is 17.9 Å². The standard InChI is InChI=1S/C27H30N2O3/c1-29(20-21-12-5-2-6-13-21)19-11-18-24(27(31)32)28-26(30)25(22-14-7-3-8-15-22)23-16-9-4-10-17-23/h2-10,12-17,24-25H,11,18-20H2,1H3,(H,28,30)(H,31,32)/t24-/m0/s1. The van der Waals surface area contributed by atoms with E-state index in [1.165, 1.54) is 5.56 Å². The summed E-state index contributed by atoms with van der Waals surface area (Å²) in [5.74, 6) is -1.86. The SMILES string of the molecule is CN(CCC[C@H](NC(=O)C(c1ccccc1)c1ccccc1)C(=O)O)Cc1ccccc1. The molecule has 166 valence electrons. The first-order valence-corrected chi connectivity index (χ1v) is 10.9. The highest BCUT2D eigenvalue weighted by Gasteiger charge is 2.27. The molecule has 0 saturated carbocycles. The highest BCUT2D eigenvalue weighted by Crippen LogP contribution is 2.25. The van der Waals surface area contributed by atoms with Gasteiger partial charge in [-0.15, -0.1) is 0 Å². The molecule has 0 heterocycles. The third-order valence-corrected chi connectivity index (χ3v) is 5.47. The Kier molecular flexibility index (Phi) is 8.58. The Morgan fingerprint density at radius 2 is 1.34 bits per heavy atom. The largest absolute Gasteiger partial charge is 0.480 e. The molecule has 0 bridgehead atoms. The van der Waals surface area contributed by atoms with Gasteiger partial charge in [0.05, 0.1) is 5.92 Å². The van der Waals surface area contributed by atoms with Gasteiger partial charge in [-0.05, 0) is 43.1 Å². The van der Waals surface area contributed by atoms with Crippen LogP contribution < -0.4 is 5.32 Å². The summed E-state index contributed by atoms with van der Waals surface area (Å²) >= 11 is 0. The van der Waals surface area contributed by atoms with Gasteiger partial charge in [0.25, 0.3) is 0 Å². The van der Waals surface area contributed by atoms with Gasteiger partial charge in [-0.2, -0.15) is 0 Å². The lowest BCUT2D eigenvalue weighted by Crippen LogP contribution is -2.43. The van der Waals surface area contributed by atoms with Crippen LogP contribution in [-0.4, -0.2) is 41.5 Å². The smallest absolute Gasteiger partial charge is 0.326 e. The van der Waals surface area contributed by atoms with Crippen molar-refractivity contribution in [2.75, 3.05) is 13.6 Å². The third-order valence-electron chi connectivity index (χ3n) is 5.47. The van der Waals surface area contributed by atoms with Crippen molar-refractivity contribution in [1.29, 1.82) is 0 Å². The molecule has 3 rings (SSSR count). The van der Waals surface area contributed by atoms with Crippen LogP contribution in [0.5, 0.6) is 0 Å². The number of amides is 1. The van der Waals surface area contributed by atoms with Crippen LogP contribution in [0.2, 0.25) is 0 Å². The number of nitrogens with one attached hydrogen (secondary N) is 1. The molecule has 0 aliphatic heterocycles. The zero-order chi connectivity index (χ0) is 22.8. The van der Waals surface area contributed by atoms with Crippen LogP contribution >= 0.6 is 0 Å². The van der Waals surface area contributed by atoms with Crippen molar-refractivity contribution < 1.29 is 14.7 Å². The van der Waals surface area contributed by atoms with E-state index in [0.717, 1.165) is 24.2 Å². The second-order valence-electron chi connectivity index (χ2n) is 8.02. The number of benzene rings is 3. The lowest BCUT2D eigenvalue weighted by Gasteiger charge is -2.22. The molecule has 2 N–H and O–H groups in total. The molecule has 3 aromatic rings. The van der Waals surface area contributed by atoms with E-state index in [1.807, 2.05) is 85.9 Å². The first-order chi connectivity index (χ1) is 15.5. The van der Waals surface area contributed by atoms with Crippen molar-refractivity contribution in [2.24, 2.45) is 0 Å². The summed E-state index contributed by atoms with van der Waals surface area (Å²) in [6.07, 6.45) is 1.04. The first-order valence-electron chi connectivity index (χ1n) is 10.9. The summed E-state index contributed by atoms with van der Waals surface area (Å²) in [5, 5.41) is 12.5. The molecule has 0 saturated heterocycles. The predicted octanol–water partition coefficient (Wildman–Crippen LogP) is 4.30. The van der Waals surface area contributed by atoms with Crippen molar-refractivity contribution in [3.8, 4) is 0 Å². The Bertz CT molecular complexity index is 938. The van der Waals surface area contributed by atoms with Gasteiger partial charge in [0, 0.05) is 6.54 Å². The van der Waals surface area contributed by atoms with Gasteiger partial charge in [-0.3, -0.25) is 4.79 Å². The molecule has 0 radical (unpaired) electrons. The highest BCUT2D eigenvalue weighted by atomic mass is 16.4.